The summed E-state index contributed by atoms with van der Waals surface area (Å²) in [5, 5.41) is -0.356. The van der Waals surface area contributed by atoms with Gasteiger partial charge in [0.1, 0.15) is 0 Å². The van der Waals surface area contributed by atoms with Crippen LogP contribution in [0.1, 0.15) is 12.8 Å². The van der Waals surface area contributed by atoms with E-state index in [1.165, 1.54) is 11.1 Å². The minimum Gasteiger partial charge on any atom is -0.340 e. The second-order valence-corrected chi connectivity index (χ2v) is 6.78. The van der Waals surface area contributed by atoms with Crippen LogP contribution in [0, 0.1) is 0 Å². The van der Waals surface area contributed by atoms with Gasteiger partial charge in [-0.2, -0.15) is 4.98 Å². The van der Waals surface area contributed by atoms with Gasteiger partial charge in [0.05, 0.1) is 11.2 Å². The largest absolute Gasteiger partial charge is 0.340 e. The molecule has 0 unspecified atom stereocenters. The van der Waals surface area contributed by atoms with E-state index in [0.29, 0.717) is 0 Å². The van der Waals surface area contributed by atoms with E-state index in [2.05, 4.69) is 9.97 Å². The monoisotopic (exact) mass is 311 g/mol. The highest BCUT2D eigenvalue weighted by molar-refractivity contribution is 7.90. The summed E-state index contributed by atoms with van der Waals surface area (Å²) < 4.78 is 49.0. The van der Waals surface area contributed by atoms with Crippen LogP contribution in [0.4, 0.5) is 14.7 Å². The first-order valence-corrected chi connectivity index (χ1v) is 7.81. The van der Waals surface area contributed by atoms with Crippen molar-refractivity contribution in [3.05, 3.63) is 11.2 Å². The van der Waals surface area contributed by atoms with Crippen LogP contribution in [0.2, 0.25) is 5.02 Å². The number of alkyl halides is 2. The summed E-state index contributed by atoms with van der Waals surface area (Å²) in [7, 11) is -3.58. The standard InChI is InChI=1S/C10H12ClF2N3O2S/c1-19(17,18)8-7(11)6-14-9(15-8)16-4-2-10(12,13)3-5-16/h6H,2-5H2,1H3. The number of sulfone groups is 1. The fourth-order valence-corrected chi connectivity index (χ4v) is 2.95. The van der Waals surface area contributed by atoms with Crippen molar-refractivity contribution in [2.45, 2.75) is 23.8 Å². The lowest BCUT2D eigenvalue weighted by atomic mass is 10.1. The van der Waals surface area contributed by atoms with Gasteiger partial charge in [0, 0.05) is 32.2 Å². The van der Waals surface area contributed by atoms with Crippen LogP contribution in [0.15, 0.2) is 11.2 Å². The number of nitrogens with zero attached hydrogens (tertiary/aromatic N) is 3. The van der Waals surface area contributed by atoms with Gasteiger partial charge in [-0.3, -0.25) is 0 Å². The van der Waals surface area contributed by atoms with Gasteiger partial charge in [-0.1, -0.05) is 11.6 Å². The number of rotatable bonds is 2. The second kappa shape index (κ2) is 4.82. The molecule has 9 heteroatoms. The Balaban J connectivity index is 2.28. The topological polar surface area (TPSA) is 63.2 Å². The number of aromatic nitrogens is 2. The van der Waals surface area contributed by atoms with E-state index >= 15 is 0 Å². The third kappa shape index (κ3) is 3.30. The van der Waals surface area contributed by atoms with Crippen molar-refractivity contribution < 1.29 is 17.2 Å². The first-order valence-electron chi connectivity index (χ1n) is 5.54. The Morgan fingerprint density at radius 1 is 1.37 bits per heavy atom. The summed E-state index contributed by atoms with van der Waals surface area (Å²) in [6.07, 6.45) is 1.56. The summed E-state index contributed by atoms with van der Waals surface area (Å²) in [5.74, 6) is -2.57. The van der Waals surface area contributed by atoms with E-state index in [0.717, 1.165) is 6.26 Å². The first kappa shape index (κ1) is 14.4. The lowest BCUT2D eigenvalue weighted by molar-refractivity contribution is -0.0222. The van der Waals surface area contributed by atoms with E-state index in [-0.39, 0.29) is 41.9 Å². The summed E-state index contributed by atoms with van der Waals surface area (Å²) in [6.45, 7) is 0.162. The molecular formula is C10H12ClF2N3O2S. The van der Waals surface area contributed by atoms with Crippen molar-refractivity contribution in [3.8, 4) is 0 Å². The molecule has 1 fully saturated rings. The van der Waals surface area contributed by atoms with Crippen molar-refractivity contribution >= 4 is 27.4 Å². The Kier molecular flexibility index (Phi) is 3.65. The van der Waals surface area contributed by atoms with Crippen LogP contribution in [0.25, 0.3) is 0 Å². The molecule has 1 saturated heterocycles. The molecular weight excluding hydrogens is 300 g/mol. The summed E-state index contributed by atoms with van der Waals surface area (Å²) in [6, 6.07) is 0. The highest BCUT2D eigenvalue weighted by Crippen LogP contribution is 2.30. The number of halogens is 3. The van der Waals surface area contributed by atoms with Crippen LogP contribution in [-0.2, 0) is 9.84 Å². The maximum absolute atomic E-state index is 13.0. The molecule has 1 aliphatic rings. The molecule has 19 heavy (non-hydrogen) atoms. The molecule has 2 heterocycles. The van der Waals surface area contributed by atoms with Crippen molar-refractivity contribution in [2.75, 3.05) is 24.2 Å². The van der Waals surface area contributed by atoms with Crippen LogP contribution in [0.3, 0.4) is 0 Å². The zero-order valence-electron chi connectivity index (χ0n) is 10.1. The van der Waals surface area contributed by atoms with Gasteiger partial charge >= 0.3 is 0 Å². The smallest absolute Gasteiger partial charge is 0.251 e. The van der Waals surface area contributed by atoms with Crippen molar-refractivity contribution in [1.82, 2.24) is 9.97 Å². The third-order valence-corrected chi connectivity index (χ3v) is 4.23. The van der Waals surface area contributed by atoms with E-state index in [1.54, 1.807) is 0 Å². The van der Waals surface area contributed by atoms with Gasteiger partial charge in [0.2, 0.25) is 5.95 Å². The highest BCUT2D eigenvalue weighted by Gasteiger charge is 2.35. The first-order chi connectivity index (χ1) is 8.69. The molecule has 0 aromatic carbocycles. The predicted octanol–water partition coefficient (Wildman–Crippen LogP) is 1.77. The normalized spacial score (nSPS) is 19.5. The zero-order chi connectivity index (χ0) is 14.3. The number of piperidine rings is 1. The highest BCUT2D eigenvalue weighted by atomic mass is 35.5. The molecule has 0 N–H and O–H groups in total. The number of hydrogen-bond donors (Lipinski definition) is 0. The predicted molar refractivity (Wildman–Crippen MR) is 66.5 cm³/mol. The molecule has 106 valence electrons. The van der Waals surface area contributed by atoms with E-state index in [9.17, 15) is 17.2 Å². The maximum atomic E-state index is 13.0. The van der Waals surface area contributed by atoms with E-state index in [1.807, 2.05) is 0 Å². The molecule has 1 aliphatic heterocycles. The van der Waals surface area contributed by atoms with Gasteiger partial charge < -0.3 is 4.90 Å². The zero-order valence-corrected chi connectivity index (χ0v) is 11.7. The summed E-state index contributed by atoms with van der Waals surface area (Å²) in [5.41, 5.74) is 0. The molecule has 0 spiro atoms. The van der Waals surface area contributed by atoms with Crippen molar-refractivity contribution in [1.29, 1.82) is 0 Å². The van der Waals surface area contributed by atoms with Crippen molar-refractivity contribution in [3.63, 3.8) is 0 Å². The van der Waals surface area contributed by atoms with Crippen LogP contribution < -0.4 is 4.90 Å². The molecule has 0 saturated carbocycles. The Hall–Kier alpha value is -1.02. The molecule has 1 aromatic heterocycles. The quantitative estimate of drug-likeness (QED) is 0.779. The lowest BCUT2D eigenvalue weighted by Crippen LogP contribution is -2.40. The van der Waals surface area contributed by atoms with Gasteiger partial charge in [0.15, 0.2) is 14.9 Å². The maximum Gasteiger partial charge on any atom is 0.251 e. The van der Waals surface area contributed by atoms with E-state index < -0.39 is 15.8 Å². The average Bonchev–Trinajstić information content (AvgIpc) is 2.28. The Bertz CT molecular complexity index is 584. The lowest BCUT2D eigenvalue weighted by Gasteiger charge is -2.31. The van der Waals surface area contributed by atoms with Crippen LogP contribution in [0.5, 0.6) is 0 Å². The van der Waals surface area contributed by atoms with Crippen LogP contribution in [-0.4, -0.2) is 43.7 Å². The Morgan fingerprint density at radius 2 is 1.95 bits per heavy atom. The summed E-state index contributed by atoms with van der Waals surface area (Å²) >= 11 is 5.72. The van der Waals surface area contributed by atoms with Gasteiger partial charge in [0.25, 0.3) is 5.92 Å². The number of anilines is 1. The third-order valence-electron chi connectivity index (χ3n) is 2.83. The Morgan fingerprint density at radius 3 is 2.47 bits per heavy atom. The Labute approximate surface area is 114 Å². The van der Waals surface area contributed by atoms with Crippen molar-refractivity contribution in [2.24, 2.45) is 0 Å². The molecule has 5 nitrogen and oxygen atoms in total. The average molecular weight is 312 g/mol. The molecule has 2 rings (SSSR count). The minimum atomic E-state index is -3.58. The van der Waals surface area contributed by atoms with Gasteiger partial charge in [-0.05, 0) is 0 Å². The molecule has 0 amide bonds. The fraction of sp³-hybridized carbons (Fsp3) is 0.600. The summed E-state index contributed by atoms with van der Waals surface area (Å²) in [4.78, 5) is 9.29. The number of hydrogen-bond acceptors (Lipinski definition) is 5. The molecule has 0 radical (unpaired) electrons. The van der Waals surface area contributed by atoms with Gasteiger partial charge in [-0.15, -0.1) is 0 Å². The molecule has 0 bridgehead atoms. The molecule has 0 aliphatic carbocycles. The van der Waals surface area contributed by atoms with Gasteiger partial charge in [-0.25, -0.2) is 22.2 Å². The van der Waals surface area contributed by atoms with E-state index in [4.69, 9.17) is 11.6 Å². The molecule has 1 aromatic rings. The molecule has 0 atom stereocenters. The minimum absolute atomic E-state index is 0.0754. The second-order valence-electron chi connectivity index (χ2n) is 4.44. The SMILES string of the molecule is CS(=O)(=O)c1nc(N2CCC(F)(F)CC2)ncc1Cl. The van der Waals surface area contributed by atoms with Crippen LogP contribution >= 0.6 is 11.6 Å². The fourth-order valence-electron chi connectivity index (χ4n) is 1.79.